The summed E-state index contributed by atoms with van der Waals surface area (Å²) in [5, 5.41) is 0.458. The van der Waals surface area contributed by atoms with E-state index >= 15 is 0 Å². The zero-order valence-electron chi connectivity index (χ0n) is 10.5. The Hall–Kier alpha value is -1.27. The van der Waals surface area contributed by atoms with Gasteiger partial charge in [-0.25, -0.2) is 8.42 Å². The molecule has 104 valence electrons. The van der Waals surface area contributed by atoms with Crippen molar-refractivity contribution in [1.29, 1.82) is 0 Å². The van der Waals surface area contributed by atoms with E-state index in [4.69, 9.17) is 17.3 Å². The summed E-state index contributed by atoms with van der Waals surface area (Å²) >= 11 is 5.78. The summed E-state index contributed by atoms with van der Waals surface area (Å²) in [6.45, 7) is 0. The minimum atomic E-state index is -3.02. The van der Waals surface area contributed by atoms with Gasteiger partial charge >= 0.3 is 0 Å². The first kappa shape index (κ1) is 14.1. The summed E-state index contributed by atoms with van der Waals surface area (Å²) in [5.74, 6) is -0.134. The van der Waals surface area contributed by atoms with Crippen molar-refractivity contribution in [3.63, 3.8) is 0 Å². The van der Waals surface area contributed by atoms with Crippen LogP contribution >= 0.6 is 11.6 Å². The van der Waals surface area contributed by atoms with Crippen LogP contribution in [0.25, 0.3) is 0 Å². The van der Waals surface area contributed by atoms with Gasteiger partial charge in [0.05, 0.1) is 17.1 Å². The molecular formula is C12H15ClN2O3S. The maximum absolute atomic E-state index is 12.3. The average molecular weight is 303 g/mol. The third-order valence-corrected chi connectivity index (χ3v) is 5.31. The lowest BCUT2D eigenvalue weighted by molar-refractivity contribution is 0.0749. The van der Waals surface area contributed by atoms with Gasteiger partial charge in [0.2, 0.25) is 0 Å². The number of anilines is 1. The SMILES string of the molecule is CN(C(=O)c1ccc(Cl)cc1N)C1CCS(=O)(=O)C1. The van der Waals surface area contributed by atoms with Gasteiger partial charge in [0.1, 0.15) is 0 Å². The monoisotopic (exact) mass is 302 g/mol. The number of nitrogen functional groups attached to an aromatic ring is 1. The van der Waals surface area contributed by atoms with Gasteiger partial charge in [0, 0.05) is 23.8 Å². The van der Waals surface area contributed by atoms with Crippen molar-refractivity contribution >= 4 is 33.0 Å². The highest BCUT2D eigenvalue weighted by atomic mass is 35.5. The molecule has 0 radical (unpaired) electrons. The van der Waals surface area contributed by atoms with Crippen molar-refractivity contribution < 1.29 is 13.2 Å². The van der Waals surface area contributed by atoms with Crippen LogP contribution in [0.2, 0.25) is 5.02 Å². The van der Waals surface area contributed by atoms with Crippen molar-refractivity contribution in [1.82, 2.24) is 4.90 Å². The molecule has 1 aliphatic rings. The predicted octanol–water partition coefficient (Wildman–Crippen LogP) is 1.18. The zero-order valence-corrected chi connectivity index (χ0v) is 12.0. The highest BCUT2D eigenvalue weighted by Gasteiger charge is 2.33. The van der Waals surface area contributed by atoms with Crippen LogP contribution in [-0.4, -0.2) is 43.8 Å². The second kappa shape index (κ2) is 5.02. The zero-order chi connectivity index (χ0) is 14.2. The molecule has 1 unspecified atom stereocenters. The third-order valence-electron chi connectivity index (χ3n) is 3.32. The van der Waals surface area contributed by atoms with Gasteiger partial charge in [0.25, 0.3) is 5.91 Å². The summed E-state index contributed by atoms with van der Waals surface area (Å²) in [5.41, 5.74) is 6.40. The largest absolute Gasteiger partial charge is 0.398 e. The fourth-order valence-electron chi connectivity index (χ4n) is 2.17. The molecule has 1 aliphatic heterocycles. The highest BCUT2D eigenvalue weighted by molar-refractivity contribution is 7.91. The molecule has 19 heavy (non-hydrogen) atoms. The lowest BCUT2D eigenvalue weighted by atomic mass is 10.1. The molecule has 1 aromatic rings. The van der Waals surface area contributed by atoms with Crippen LogP contribution in [0.1, 0.15) is 16.8 Å². The first-order valence-corrected chi connectivity index (χ1v) is 8.03. The van der Waals surface area contributed by atoms with Crippen LogP contribution in [0, 0.1) is 0 Å². The minimum Gasteiger partial charge on any atom is -0.398 e. The first-order chi connectivity index (χ1) is 8.80. The van der Waals surface area contributed by atoms with Crippen molar-refractivity contribution in [2.24, 2.45) is 0 Å². The summed E-state index contributed by atoms with van der Waals surface area (Å²) in [6, 6.07) is 4.37. The molecule has 5 nitrogen and oxygen atoms in total. The van der Waals surface area contributed by atoms with Crippen LogP contribution < -0.4 is 5.73 Å². The Labute approximate surface area is 117 Å². The Morgan fingerprint density at radius 1 is 1.47 bits per heavy atom. The second-order valence-electron chi connectivity index (χ2n) is 4.70. The molecular weight excluding hydrogens is 288 g/mol. The number of amides is 1. The number of sulfone groups is 1. The van der Waals surface area contributed by atoms with Gasteiger partial charge in [-0.05, 0) is 24.6 Å². The van der Waals surface area contributed by atoms with Crippen LogP contribution in [0.3, 0.4) is 0 Å². The number of nitrogens with two attached hydrogens (primary N) is 1. The number of carbonyl (C=O) groups excluding carboxylic acids is 1. The van der Waals surface area contributed by atoms with Crippen LogP contribution in [-0.2, 0) is 9.84 Å². The number of rotatable bonds is 2. The maximum Gasteiger partial charge on any atom is 0.255 e. The smallest absolute Gasteiger partial charge is 0.255 e. The molecule has 1 heterocycles. The summed E-state index contributed by atoms with van der Waals surface area (Å²) in [4.78, 5) is 13.7. The van der Waals surface area contributed by atoms with E-state index in [-0.39, 0.29) is 23.5 Å². The fourth-order valence-corrected chi connectivity index (χ4v) is 4.12. The molecule has 0 aliphatic carbocycles. The van der Waals surface area contributed by atoms with Crippen molar-refractivity contribution in [3.8, 4) is 0 Å². The van der Waals surface area contributed by atoms with Crippen molar-refractivity contribution in [3.05, 3.63) is 28.8 Å². The summed E-state index contributed by atoms with van der Waals surface area (Å²) < 4.78 is 22.9. The van der Waals surface area contributed by atoms with Crippen LogP contribution in [0.5, 0.6) is 0 Å². The summed E-state index contributed by atoms with van der Waals surface area (Å²) in [7, 11) is -1.42. The molecule has 0 saturated carbocycles. The number of carbonyl (C=O) groups is 1. The second-order valence-corrected chi connectivity index (χ2v) is 7.37. The third kappa shape index (κ3) is 3.01. The molecule has 1 aromatic carbocycles. The lowest BCUT2D eigenvalue weighted by Gasteiger charge is -2.24. The molecule has 0 aromatic heterocycles. The lowest BCUT2D eigenvalue weighted by Crippen LogP contribution is -2.38. The average Bonchev–Trinajstić information content (AvgIpc) is 2.68. The van der Waals surface area contributed by atoms with E-state index < -0.39 is 9.84 Å². The Morgan fingerprint density at radius 2 is 2.16 bits per heavy atom. The van der Waals surface area contributed by atoms with E-state index in [1.807, 2.05) is 0 Å². The normalized spacial score (nSPS) is 21.3. The van der Waals surface area contributed by atoms with Crippen molar-refractivity contribution in [2.45, 2.75) is 12.5 Å². The standard InChI is InChI=1S/C12H15ClN2O3S/c1-15(9-4-5-19(17,18)7-9)12(16)10-3-2-8(13)6-11(10)14/h2-3,6,9H,4-5,7,14H2,1H3. The van der Waals surface area contributed by atoms with Crippen LogP contribution in [0.15, 0.2) is 18.2 Å². The molecule has 2 N–H and O–H groups in total. The van der Waals surface area contributed by atoms with Gasteiger partial charge in [-0.3, -0.25) is 4.79 Å². The quantitative estimate of drug-likeness (QED) is 0.832. The number of hydrogen-bond donors (Lipinski definition) is 1. The van der Waals surface area contributed by atoms with Gasteiger partial charge in [-0.2, -0.15) is 0 Å². The van der Waals surface area contributed by atoms with Gasteiger partial charge in [-0.1, -0.05) is 11.6 Å². The summed E-state index contributed by atoms with van der Waals surface area (Å²) in [6.07, 6.45) is 0.470. The number of hydrogen-bond acceptors (Lipinski definition) is 4. The number of nitrogens with zero attached hydrogens (tertiary/aromatic N) is 1. The number of benzene rings is 1. The predicted molar refractivity (Wildman–Crippen MR) is 75.0 cm³/mol. The van der Waals surface area contributed by atoms with Gasteiger partial charge in [-0.15, -0.1) is 0 Å². The Balaban J connectivity index is 2.20. The maximum atomic E-state index is 12.3. The topological polar surface area (TPSA) is 80.5 Å². The van der Waals surface area contributed by atoms with E-state index in [9.17, 15) is 13.2 Å². The molecule has 1 saturated heterocycles. The number of halogens is 1. The Kier molecular flexibility index (Phi) is 3.73. The van der Waals surface area contributed by atoms with E-state index in [1.165, 1.54) is 11.0 Å². The Bertz CT molecular complexity index is 615. The van der Waals surface area contributed by atoms with Crippen molar-refractivity contribution in [2.75, 3.05) is 24.3 Å². The molecule has 1 atom stereocenters. The first-order valence-electron chi connectivity index (χ1n) is 5.83. The van der Waals surface area contributed by atoms with E-state index in [0.717, 1.165) is 0 Å². The fraction of sp³-hybridized carbons (Fsp3) is 0.417. The van der Waals surface area contributed by atoms with Crippen LogP contribution in [0.4, 0.5) is 5.69 Å². The molecule has 7 heteroatoms. The highest BCUT2D eigenvalue weighted by Crippen LogP contribution is 2.23. The van der Waals surface area contributed by atoms with E-state index in [0.29, 0.717) is 22.7 Å². The molecule has 0 spiro atoms. The molecule has 1 amide bonds. The molecule has 1 fully saturated rings. The molecule has 2 rings (SSSR count). The molecule has 0 bridgehead atoms. The Morgan fingerprint density at radius 3 is 2.68 bits per heavy atom. The minimum absolute atomic E-state index is 0.0166. The van der Waals surface area contributed by atoms with Gasteiger partial charge < -0.3 is 10.6 Å². The van der Waals surface area contributed by atoms with E-state index in [2.05, 4.69) is 0 Å². The van der Waals surface area contributed by atoms with E-state index in [1.54, 1.807) is 19.2 Å². The van der Waals surface area contributed by atoms with Gasteiger partial charge in [0.15, 0.2) is 9.84 Å².